The SMILES string of the molecule is NC[C@@H]1C2CC2[C@H]2C[C@@H]1CO2. The number of hydrogen-bond donors (Lipinski definition) is 1. The smallest absolute Gasteiger partial charge is 0.0609 e. The predicted octanol–water partition coefficient (Wildman–Crippen LogP) is 0.616. The largest absolute Gasteiger partial charge is 0.378 e. The van der Waals surface area contributed by atoms with Gasteiger partial charge < -0.3 is 10.5 Å². The Morgan fingerprint density at radius 1 is 1.27 bits per heavy atom. The topological polar surface area (TPSA) is 35.2 Å². The van der Waals surface area contributed by atoms with E-state index in [4.69, 9.17) is 10.5 Å². The summed E-state index contributed by atoms with van der Waals surface area (Å²) >= 11 is 0. The van der Waals surface area contributed by atoms with Crippen LogP contribution in [-0.2, 0) is 4.74 Å². The Hall–Kier alpha value is -0.0800. The number of rotatable bonds is 1. The first-order valence-electron chi connectivity index (χ1n) is 4.72. The van der Waals surface area contributed by atoms with Gasteiger partial charge in [-0.25, -0.2) is 0 Å². The lowest BCUT2D eigenvalue weighted by Crippen LogP contribution is -2.30. The summed E-state index contributed by atoms with van der Waals surface area (Å²) in [5.74, 6) is 3.47. The van der Waals surface area contributed by atoms with Crippen molar-refractivity contribution in [3.63, 3.8) is 0 Å². The normalized spacial score (nSPS) is 59.2. The third kappa shape index (κ3) is 0.744. The minimum Gasteiger partial charge on any atom is -0.378 e. The van der Waals surface area contributed by atoms with E-state index in [1.165, 1.54) is 12.8 Å². The average molecular weight is 153 g/mol. The van der Waals surface area contributed by atoms with Crippen LogP contribution in [0.4, 0.5) is 0 Å². The lowest BCUT2D eigenvalue weighted by molar-refractivity contribution is 0.0932. The maximum Gasteiger partial charge on any atom is 0.0609 e. The summed E-state index contributed by atoms with van der Waals surface area (Å²) in [6, 6.07) is 0. The van der Waals surface area contributed by atoms with Crippen molar-refractivity contribution in [3.8, 4) is 0 Å². The van der Waals surface area contributed by atoms with Gasteiger partial charge >= 0.3 is 0 Å². The number of hydrogen-bond acceptors (Lipinski definition) is 2. The van der Waals surface area contributed by atoms with Crippen LogP contribution in [0, 0.1) is 23.7 Å². The van der Waals surface area contributed by atoms with Gasteiger partial charge in [0.05, 0.1) is 12.7 Å². The molecule has 0 spiro atoms. The van der Waals surface area contributed by atoms with Gasteiger partial charge in [-0.15, -0.1) is 0 Å². The molecule has 1 aliphatic heterocycles. The summed E-state index contributed by atoms with van der Waals surface area (Å²) in [4.78, 5) is 0. The fraction of sp³-hybridized carbons (Fsp3) is 1.00. The number of fused-ring (bicyclic) bond motifs is 4. The van der Waals surface area contributed by atoms with Crippen molar-refractivity contribution in [2.75, 3.05) is 13.2 Å². The summed E-state index contributed by atoms with van der Waals surface area (Å²) in [7, 11) is 0. The lowest BCUT2D eigenvalue weighted by Gasteiger charge is -2.24. The maximum absolute atomic E-state index is 5.75. The van der Waals surface area contributed by atoms with Crippen molar-refractivity contribution >= 4 is 0 Å². The minimum absolute atomic E-state index is 0.632. The number of nitrogens with two attached hydrogens (primary N) is 1. The van der Waals surface area contributed by atoms with Crippen molar-refractivity contribution < 1.29 is 4.74 Å². The highest BCUT2D eigenvalue weighted by Gasteiger charge is 2.57. The van der Waals surface area contributed by atoms with Gasteiger partial charge in [-0.1, -0.05) is 0 Å². The molecule has 11 heavy (non-hydrogen) atoms. The summed E-state index contributed by atoms with van der Waals surface area (Å²) < 4.78 is 5.71. The van der Waals surface area contributed by atoms with Crippen LogP contribution in [0.5, 0.6) is 0 Å². The van der Waals surface area contributed by atoms with Crippen LogP contribution in [0.3, 0.4) is 0 Å². The second-order valence-electron chi connectivity index (χ2n) is 4.33. The molecule has 2 heteroatoms. The Kier molecular flexibility index (Phi) is 1.16. The summed E-state index contributed by atoms with van der Waals surface area (Å²) in [5, 5.41) is 0. The van der Waals surface area contributed by atoms with Gasteiger partial charge in [-0.3, -0.25) is 0 Å². The fourth-order valence-electron chi connectivity index (χ4n) is 3.15. The molecule has 1 heterocycles. The van der Waals surface area contributed by atoms with E-state index in [0.29, 0.717) is 6.10 Å². The van der Waals surface area contributed by atoms with Crippen LogP contribution < -0.4 is 5.73 Å². The molecule has 3 rings (SSSR count). The third-order valence-electron chi connectivity index (χ3n) is 3.86. The van der Waals surface area contributed by atoms with Crippen molar-refractivity contribution in [3.05, 3.63) is 0 Å². The van der Waals surface area contributed by atoms with Gasteiger partial charge in [-0.05, 0) is 43.1 Å². The first-order chi connectivity index (χ1) is 5.40. The van der Waals surface area contributed by atoms with Crippen LogP contribution >= 0.6 is 0 Å². The van der Waals surface area contributed by atoms with Crippen molar-refractivity contribution in [2.24, 2.45) is 29.4 Å². The third-order valence-corrected chi connectivity index (χ3v) is 3.86. The Morgan fingerprint density at radius 3 is 3.00 bits per heavy atom. The van der Waals surface area contributed by atoms with Crippen LogP contribution in [0.2, 0.25) is 0 Å². The molecule has 2 aliphatic carbocycles. The molecule has 0 aromatic carbocycles. The first kappa shape index (κ1) is 6.44. The Bertz CT molecular complexity index is 182. The van der Waals surface area contributed by atoms with Crippen LogP contribution in [-0.4, -0.2) is 19.3 Å². The van der Waals surface area contributed by atoms with E-state index >= 15 is 0 Å². The Morgan fingerprint density at radius 2 is 2.18 bits per heavy atom. The van der Waals surface area contributed by atoms with Gasteiger partial charge in [0.2, 0.25) is 0 Å². The Labute approximate surface area is 67.1 Å². The van der Waals surface area contributed by atoms with Crippen molar-refractivity contribution in [1.29, 1.82) is 0 Å². The summed E-state index contributed by atoms with van der Waals surface area (Å²) in [5.41, 5.74) is 5.75. The molecule has 0 aromatic heterocycles. The lowest BCUT2D eigenvalue weighted by atomic mass is 9.80. The Balaban J connectivity index is 1.85. The average Bonchev–Trinajstić information content (AvgIpc) is 2.69. The molecule has 0 radical (unpaired) electrons. The van der Waals surface area contributed by atoms with Gasteiger partial charge in [0.1, 0.15) is 0 Å². The molecule has 2 saturated carbocycles. The molecule has 0 amide bonds. The fourth-order valence-corrected chi connectivity index (χ4v) is 3.15. The highest BCUT2D eigenvalue weighted by atomic mass is 16.5. The zero-order chi connectivity index (χ0) is 7.42. The van der Waals surface area contributed by atoms with Crippen molar-refractivity contribution in [2.45, 2.75) is 18.9 Å². The van der Waals surface area contributed by atoms with Crippen LogP contribution in [0.15, 0.2) is 0 Å². The molecule has 1 saturated heterocycles. The molecule has 62 valence electrons. The highest BCUT2D eigenvalue weighted by Crippen LogP contribution is 2.58. The quantitative estimate of drug-likeness (QED) is 0.599. The van der Waals surface area contributed by atoms with E-state index in [1.807, 2.05) is 0 Å². The zero-order valence-corrected chi connectivity index (χ0v) is 6.70. The molecule has 2 bridgehead atoms. The minimum atomic E-state index is 0.632. The van der Waals surface area contributed by atoms with Crippen LogP contribution in [0.1, 0.15) is 12.8 Å². The molecule has 0 aromatic rings. The molecule has 5 atom stereocenters. The second-order valence-corrected chi connectivity index (χ2v) is 4.33. The van der Waals surface area contributed by atoms with Crippen LogP contribution in [0.25, 0.3) is 0 Å². The summed E-state index contributed by atoms with van der Waals surface area (Å²) in [6.45, 7) is 1.89. The molecule has 3 fully saturated rings. The number of ether oxygens (including phenoxy) is 1. The highest BCUT2D eigenvalue weighted by molar-refractivity contribution is 5.05. The first-order valence-corrected chi connectivity index (χ1v) is 4.72. The second kappa shape index (κ2) is 1.99. The van der Waals surface area contributed by atoms with Gasteiger partial charge in [0, 0.05) is 0 Å². The van der Waals surface area contributed by atoms with E-state index in [2.05, 4.69) is 0 Å². The van der Waals surface area contributed by atoms with E-state index < -0.39 is 0 Å². The van der Waals surface area contributed by atoms with E-state index in [9.17, 15) is 0 Å². The van der Waals surface area contributed by atoms with Crippen molar-refractivity contribution in [1.82, 2.24) is 0 Å². The van der Waals surface area contributed by atoms with E-state index in [-0.39, 0.29) is 0 Å². The summed E-state index contributed by atoms with van der Waals surface area (Å²) in [6.07, 6.45) is 3.35. The zero-order valence-electron chi connectivity index (χ0n) is 6.70. The molecule has 2 unspecified atom stereocenters. The molecule has 2 nitrogen and oxygen atoms in total. The van der Waals surface area contributed by atoms with E-state index in [1.54, 1.807) is 0 Å². The molecular formula is C9H15NO. The van der Waals surface area contributed by atoms with Gasteiger partial charge in [-0.2, -0.15) is 0 Å². The standard InChI is InChI=1S/C9H15NO/c10-3-8-5-1-9(11-4-5)7-2-6(7)8/h5-9H,1-4,10H2/t5-,6?,7?,8+,9-/m1/s1. The maximum atomic E-state index is 5.75. The monoisotopic (exact) mass is 153 g/mol. The molecular weight excluding hydrogens is 138 g/mol. The molecule has 3 aliphatic rings. The predicted molar refractivity (Wildman–Crippen MR) is 42.0 cm³/mol. The van der Waals surface area contributed by atoms with E-state index in [0.717, 1.165) is 36.8 Å². The van der Waals surface area contributed by atoms with Gasteiger partial charge in [0.15, 0.2) is 0 Å². The van der Waals surface area contributed by atoms with Gasteiger partial charge in [0.25, 0.3) is 0 Å². The molecule has 2 N–H and O–H groups in total.